The lowest BCUT2D eigenvalue weighted by atomic mass is 9.92. The fourth-order valence-corrected chi connectivity index (χ4v) is 8.53. The van der Waals surface area contributed by atoms with Gasteiger partial charge in [-0.3, -0.25) is 0 Å². The van der Waals surface area contributed by atoms with E-state index in [0.29, 0.717) is 17.5 Å². The molecule has 0 aliphatic heterocycles. The molecule has 0 saturated heterocycles. The van der Waals surface area contributed by atoms with Crippen LogP contribution in [0.25, 0.3) is 121 Å². The summed E-state index contributed by atoms with van der Waals surface area (Å²) in [5.41, 5.74) is 8.47. The summed E-state index contributed by atoms with van der Waals surface area (Å²) in [5, 5.41) is 10.8. The second kappa shape index (κ2) is 11.9. The normalized spacial score (nSPS) is 11.9. The van der Waals surface area contributed by atoms with Crippen LogP contribution in [-0.4, -0.2) is 15.0 Å². The molecule has 260 valence electrons. The van der Waals surface area contributed by atoms with Crippen LogP contribution in [-0.2, 0) is 0 Å². The molecule has 12 aromatic rings. The third kappa shape index (κ3) is 4.64. The molecule has 0 N–H and O–H groups in total. The van der Waals surface area contributed by atoms with E-state index in [4.69, 9.17) is 23.8 Å². The van der Waals surface area contributed by atoms with E-state index in [1.165, 1.54) is 0 Å². The topological polar surface area (TPSA) is 65.0 Å². The van der Waals surface area contributed by atoms with Crippen LogP contribution in [0.3, 0.4) is 0 Å². The number of rotatable bonds is 4. The SMILES string of the molecule is c1ccc2cc(-c3nc(-c4ccc(-c5cccc6oc7ccccc7c56)c5ccccc45)nc(-c4cc5c6ccccc6oc5c5ccccc45)n3)ccc2c1. The summed E-state index contributed by atoms with van der Waals surface area (Å²) in [5.74, 6) is 1.82. The second-order valence-corrected chi connectivity index (χ2v) is 14.3. The van der Waals surface area contributed by atoms with Gasteiger partial charge in [-0.25, -0.2) is 15.0 Å². The van der Waals surface area contributed by atoms with Crippen molar-refractivity contribution >= 4 is 76.2 Å². The van der Waals surface area contributed by atoms with Gasteiger partial charge in [-0.15, -0.1) is 0 Å². The number of aromatic nitrogens is 3. The van der Waals surface area contributed by atoms with Crippen LogP contribution >= 0.6 is 0 Å². The molecule has 0 amide bonds. The minimum absolute atomic E-state index is 0.601. The smallest absolute Gasteiger partial charge is 0.164 e. The maximum absolute atomic E-state index is 6.47. The Morgan fingerprint density at radius 1 is 0.304 bits per heavy atom. The fraction of sp³-hybridized carbons (Fsp3) is 0. The predicted octanol–water partition coefficient (Wildman–Crippen LogP) is 13.8. The lowest BCUT2D eigenvalue weighted by molar-refractivity contribution is 0.669. The van der Waals surface area contributed by atoms with Crippen molar-refractivity contribution in [2.45, 2.75) is 0 Å². The van der Waals surface area contributed by atoms with E-state index in [2.05, 4.69) is 146 Å². The first-order valence-corrected chi connectivity index (χ1v) is 18.8. The first-order chi connectivity index (χ1) is 27.7. The van der Waals surface area contributed by atoms with Crippen LogP contribution < -0.4 is 0 Å². The number of hydrogen-bond donors (Lipinski definition) is 0. The fourth-order valence-electron chi connectivity index (χ4n) is 8.53. The lowest BCUT2D eigenvalue weighted by Gasteiger charge is -2.14. The molecule has 0 spiro atoms. The van der Waals surface area contributed by atoms with Crippen molar-refractivity contribution in [1.29, 1.82) is 0 Å². The molecule has 3 aromatic heterocycles. The number of nitrogens with zero attached hydrogens (tertiary/aromatic N) is 3. The molecule has 3 heterocycles. The maximum atomic E-state index is 6.47. The van der Waals surface area contributed by atoms with Crippen molar-refractivity contribution < 1.29 is 8.83 Å². The summed E-state index contributed by atoms with van der Waals surface area (Å²) in [6.45, 7) is 0. The zero-order valence-electron chi connectivity index (χ0n) is 29.9. The van der Waals surface area contributed by atoms with Gasteiger partial charge in [-0.1, -0.05) is 140 Å². The molecule has 0 fully saturated rings. The van der Waals surface area contributed by atoms with Gasteiger partial charge in [0.15, 0.2) is 17.5 Å². The molecule has 0 unspecified atom stereocenters. The van der Waals surface area contributed by atoms with E-state index in [-0.39, 0.29) is 0 Å². The van der Waals surface area contributed by atoms with E-state index in [1.54, 1.807) is 0 Å². The molecule has 0 atom stereocenters. The van der Waals surface area contributed by atoms with Crippen molar-refractivity contribution in [3.63, 3.8) is 0 Å². The first-order valence-electron chi connectivity index (χ1n) is 18.8. The molecular weight excluding hydrogens is 687 g/mol. The summed E-state index contributed by atoms with van der Waals surface area (Å²) in [6.07, 6.45) is 0. The van der Waals surface area contributed by atoms with Gasteiger partial charge in [0.1, 0.15) is 22.3 Å². The molecule has 5 heteroatoms. The average molecular weight is 716 g/mol. The van der Waals surface area contributed by atoms with E-state index >= 15 is 0 Å². The minimum Gasteiger partial charge on any atom is -0.456 e. The average Bonchev–Trinajstić information content (AvgIpc) is 3.84. The van der Waals surface area contributed by atoms with Crippen molar-refractivity contribution in [2.75, 3.05) is 0 Å². The van der Waals surface area contributed by atoms with Crippen LogP contribution in [0.2, 0.25) is 0 Å². The molecule has 5 nitrogen and oxygen atoms in total. The van der Waals surface area contributed by atoms with E-state index in [9.17, 15) is 0 Å². The molecule has 0 radical (unpaired) electrons. The summed E-state index contributed by atoms with van der Waals surface area (Å²) < 4.78 is 12.8. The highest BCUT2D eigenvalue weighted by molar-refractivity contribution is 6.19. The Morgan fingerprint density at radius 3 is 1.68 bits per heavy atom. The van der Waals surface area contributed by atoms with Crippen molar-refractivity contribution in [3.05, 3.63) is 176 Å². The zero-order valence-corrected chi connectivity index (χ0v) is 29.9. The number of furan rings is 2. The van der Waals surface area contributed by atoms with Gasteiger partial charge in [0, 0.05) is 43.6 Å². The third-order valence-corrected chi connectivity index (χ3v) is 11.1. The number of fused-ring (bicyclic) bond motifs is 10. The van der Waals surface area contributed by atoms with E-state index in [0.717, 1.165) is 104 Å². The Kier molecular flexibility index (Phi) is 6.56. The van der Waals surface area contributed by atoms with Crippen molar-refractivity contribution in [1.82, 2.24) is 15.0 Å². The molecule has 0 aliphatic rings. The lowest BCUT2D eigenvalue weighted by Crippen LogP contribution is -2.01. The van der Waals surface area contributed by atoms with Crippen LogP contribution in [0.1, 0.15) is 0 Å². The Balaban J connectivity index is 1.13. The van der Waals surface area contributed by atoms with Gasteiger partial charge < -0.3 is 8.83 Å². The van der Waals surface area contributed by atoms with Gasteiger partial charge in [0.2, 0.25) is 0 Å². The molecular formula is C51H29N3O2. The monoisotopic (exact) mass is 715 g/mol. The zero-order chi connectivity index (χ0) is 36.7. The van der Waals surface area contributed by atoms with Crippen molar-refractivity contribution in [2.24, 2.45) is 0 Å². The number of hydrogen-bond acceptors (Lipinski definition) is 5. The Hall–Kier alpha value is -7.63. The molecule has 9 aromatic carbocycles. The molecule has 12 rings (SSSR count). The summed E-state index contributed by atoms with van der Waals surface area (Å²) >= 11 is 0. The van der Waals surface area contributed by atoms with Crippen LogP contribution in [0.4, 0.5) is 0 Å². The standard InChI is InChI=1S/C51H29N3O2/c1-2-13-31-28-32(25-24-30(31)12-1)49-52-50(54-51(53-49)43-29-42-37-17-7-9-21-44(37)56-48(42)39-18-6-5-16-35(39)43)40-27-26-36(33-14-3-4-15-34(33)40)38-20-11-23-46-47(38)41-19-8-10-22-45(41)55-46/h1-29H. The van der Waals surface area contributed by atoms with Crippen LogP contribution in [0.5, 0.6) is 0 Å². The van der Waals surface area contributed by atoms with Gasteiger partial charge >= 0.3 is 0 Å². The first kappa shape index (κ1) is 30.8. The summed E-state index contributed by atoms with van der Waals surface area (Å²) in [7, 11) is 0. The van der Waals surface area contributed by atoms with Gasteiger partial charge in [-0.2, -0.15) is 0 Å². The second-order valence-electron chi connectivity index (χ2n) is 14.3. The summed E-state index contributed by atoms with van der Waals surface area (Å²) in [6, 6.07) is 61.0. The number of para-hydroxylation sites is 2. The highest BCUT2D eigenvalue weighted by Crippen LogP contribution is 2.43. The Morgan fingerprint density at radius 2 is 0.875 bits per heavy atom. The maximum Gasteiger partial charge on any atom is 0.164 e. The molecule has 0 aliphatic carbocycles. The summed E-state index contributed by atoms with van der Waals surface area (Å²) in [4.78, 5) is 15.9. The van der Waals surface area contributed by atoms with Crippen LogP contribution in [0.15, 0.2) is 185 Å². The van der Waals surface area contributed by atoms with Gasteiger partial charge in [0.25, 0.3) is 0 Å². The Labute approximate surface area is 320 Å². The molecule has 0 saturated carbocycles. The van der Waals surface area contributed by atoms with Crippen molar-refractivity contribution in [3.8, 4) is 45.3 Å². The number of benzene rings is 9. The largest absolute Gasteiger partial charge is 0.456 e. The quantitative estimate of drug-likeness (QED) is 0.181. The predicted molar refractivity (Wildman–Crippen MR) is 229 cm³/mol. The minimum atomic E-state index is 0.601. The third-order valence-electron chi connectivity index (χ3n) is 11.1. The molecule has 56 heavy (non-hydrogen) atoms. The highest BCUT2D eigenvalue weighted by Gasteiger charge is 2.21. The molecule has 0 bridgehead atoms. The van der Waals surface area contributed by atoms with Gasteiger partial charge in [0.05, 0.1) is 0 Å². The Bertz CT molecular complexity index is 3560. The van der Waals surface area contributed by atoms with Crippen LogP contribution in [0, 0.1) is 0 Å². The van der Waals surface area contributed by atoms with E-state index in [1.807, 2.05) is 30.3 Å². The van der Waals surface area contributed by atoms with Gasteiger partial charge in [-0.05, 0) is 74.5 Å². The van der Waals surface area contributed by atoms with E-state index < -0.39 is 0 Å². The highest BCUT2D eigenvalue weighted by atomic mass is 16.3.